The first-order chi connectivity index (χ1) is 14.5. The SMILES string of the molecule is Cc1ccc(S(=O)(=O)N(C)c2nc3ccccc3n3c(-c4cccs4)nnc23)cc1. The van der Waals surface area contributed by atoms with Crippen LogP contribution in [0.25, 0.3) is 27.4 Å². The van der Waals surface area contributed by atoms with Crippen LogP contribution >= 0.6 is 11.3 Å². The first-order valence-electron chi connectivity index (χ1n) is 9.20. The molecular formula is C21H17N5O2S2. The number of hydrogen-bond acceptors (Lipinski definition) is 6. The van der Waals surface area contributed by atoms with Gasteiger partial charge in [0.15, 0.2) is 11.6 Å². The van der Waals surface area contributed by atoms with Crippen molar-refractivity contribution >= 4 is 43.9 Å². The summed E-state index contributed by atoms with van der Waals surface area (Å²) in [4.78, 5) is 5.77. The molecule has 5 aromatic rings. The fourth-order valence-electron chi connectivity index (χ4n) is 3.33. The summed E-state index contributed by atoms with van der Waals surface area (Å²) in [5.74, 6) is 0.880. The van der Waals surface area contributed by atoms with Crippen LogP contribution in [0.2, 0.25) is 0 Å². The lowest BCUT2D eigenvalue weighted by molar-refractivity contribution is 0.594. The molecule has 3 aromatic heterocycles. The number of sulfonamides is 1. The Bertz CT molecular complexity index is 1470. The van der Waals surface area contributed by atoms with Gasteiger partial charge in [0.05, 0.1) is 20.8 Å². The van der Waals surface area contributed by atoms with Gasteiger partial charge in [-0.3, -0.25) is 4.40 Å². The number of anilines is 1. The van der Waals surface area contributed by atoms with Crippen molar-refractivity contribution in [3.05, 3.63) is 71.6 Å². The van der Waals surface area contributed by atoms with E-state index in [9.17, 15) is 8.42 Å². The van der Waals surface area contributed by atoms with Crippen LogP contribution in [-0.2, 0) is 10.0 Å². The van der Waals surface area contributed by atoms with Crippen molar-refractivity contribution in [2.24, 2.45) is 0 Å². The highest BCUT2D eigenvalue weighted by Gasteiger charge is 2.27. The van der Waals surface area contributed by atoms with E-state index in [0.717, 1.165) is 16.0 Å². The van der Waals surface area contributed by atoms with Gasteiger partial charge in [0, 0.05) is 7.05 Å². The van der Waals surface area contributed by atoms with Crippen LogP contribution in [0.3, 0.4) is 0 Å². The molecule has 0 aliphatic carbocycles. The normalized spacial score (nSPS) is 11.9. The van der Waals surface area contributed by atoms with E-state index in [1.165, 1.54) is 11.4 Å². The van der Waals surface area contributed by atoms with Crippen LogP contribution in [0.15, 0.2) is 70.9 Å². The largest absolute Gasteiger partial charge is 0.269 e. The molecule has 0 bridgehead atoms. The summed E-state index contributed by atoms with van der Waals surface area (Å²) in [6, 6.07) is 18.2. The minimum atomic E-state index is -3.82. The van der Waals surface area contributed by atoms with Gasteiger partial charge in [-0.1, -0.05) is 35.9 Å². The van der Waals surface area contributed by atoms with Gasteiger partial charge in [-0.2, -0.15) is 0 Å². The molecule has 0 fully saturated rings. The molecule has 0 saturated carbocycles. The maximum absolute atomic E-state index is 13.3. The van der Waals surface area contributed by atoms with Crippen molar-refractivity contribution in [2.45, 2.75) is 11.8 Å². The highest BCUT2D eigenvalue weighted by Crippen LogP contribution is 2.31. The molecule has 0 unspecified atom stereocenters. The monoisotopic (exact) mass is 435 g/mol. The highest BCUT2D eigenvalue weighted by molar-refractivity contribution is 7.92. The molecule has 0 aliphatic heterocycles. The van der Waals surface area contributed by atoms with E-state index in [-0.39, 0.29) is 10.7 Å². The molecule has 5 rings (SSSR count). The molecule has 3 heterocycles. The number of rotatable bonds is 4. The average molecular weight is 436 g/mol. The Morgan fingerprint density at radius 2 is 1.73 bits per heavy atom. The van der Waals surface area contributed by atoms with Crippen LogP contribution in [-0.4, -0.2) is 35.0 Å². The van der Waals surface area contributed by atoms with Crippen LogP contribution in [0.1, 0.15) is 5.56 Å². The van der Waals surface area contributed by atoms with E-state index < -0.39 is 10.0 Å². The number of aryl methyl sites for hydroxylation is 1. The van der Waals surface area contributed by atoms with Crippen LogP contribution < -0.4 is 4.31 Å². The zero-order valence-corrected chi connectivity index (χ0v) is 17.9. The lowest BCUT2D eigenvalue weighted by Gasteiger charge is -2.19. The molecule has 0 atom stereocenters. The molecule has 0 radical (unpaired) electrons. The molecule has 2 aromatic carbocycles. The Kier molecular flexibility index (Phi) is 4.30. The zero-order valence-electron chi connectivity index (χ0n) is 16.2. The summed E-state index contributed by atoms with van der Waals surface area (Å²) in [6.45, 7) is 1.91. The minimum Gasteiger partial charge on any atom is -0.269 e. The number of hydrogen-bond donors (Lipinski definition) is 0. The van der Waals surface area contributed by atoms with Crippen molar-refractivity contribution in [1.29, 1.82) is 0 Å². The number of aromatic nitrogens is 4. The first kappa shape index (κ1) is 18.7. The third kappa shape index (κ3) is 2.86. The highest BCUT2D eigenvalue weighted by atomic mass is 32.2. The quantitative estimate of drug-likeness (QED) is 0.424. The van der Waals surface area contributed by atoms with Crippen molar-refractivity contribution in [3.63, 3.8) is 0 Å². The molecule has 150 valence electrons. The second-order valence-electron chi connectivity index (χ2n) is 6.87. The summed E-state index contributed by atoms with van der Waals surface area (Å²) in [5, 5.41) is 10.6. The molecule has 0 saturated heterocycles. The van der Waals surface area contributed by atoms with Gasteiger partial charge >= 0.3 is 0 Å². The summed E-state index contributed by atoms with van der Waals surface area (Å²) in [6.07, 6.45) is 0. The molecular weight excluding hydrogens is 418 g/mol. The number of benzene rings is 2. The third-order valence-electron chi connectivity index (χ3n) is 4.93. The summed E-state index contributed by atoms with van der Waals surface area (Å²) >= 11 is 1.55. The Labute approximate surface area is 177 Å². The second kappa shape index (κ2) is 6.89. The van der Waals surface area contributed by atoms with Gasteiger partial charge < -0.3 is 0 Å². The van der Waals surface area contributed by atoms with Gasteiger partial charge in [0.1, 0.15) is 0 Å². The van der Waals surface area contributed by atoms with Crippen molar-refractivity contribution in [1.82, 2.24) is 19.6 Å². The van der Waals surface area contributed by atoms with Gasteiger partial charge in [-0.05, 0) is 42.6 Å². The molecule has 7 nitrogen and oxygen atoms in total. The molecule has 0 aliphatic rings. The van der Waals surface area contributed by atoms with Gasteiger partial charge in [0.25, 0.3) is 10.0 Å². The zero-order chi connectivity index (χ0) is 20.9. The van der Waals surface area contributed by atoms with Crippen LogP contribution in [0, 0.1) is 6.92 Å². The number of nitrogens with zero attached hydrogens (tertiary/aromatic N) is 5. The average Bonchev–Trinajstić information content (AvgIpc) is 3.43. The summed E-state index contributed by atoms with van der Waals surface area (Å²) in [7, 11) is -2.33. The van der Waals surface area contributed by atoms with Crippen LogP contribution in [0.4, 0.5) is 5.82 Å². The van der Waals surface area contributed by atoms with Gasteiger partial charge in [0.2, 0.25) is 5.65 Å². The van der Waals surface area contributed by atoms with Gasteiger partial charge in [-0.25, -0.2) is 17.7 Å². The maximum atomic E-state index is 13.3. The molecule has 30 heavy (non-hydrogen) atoms. The van der Waals surface area contributed by atoms with Gasteiger partial charge in [-0.15, -0.1) is 21.5 Å². The maximum Gasteiger partial charge on any atom is 0.265 e. The standard InChI is InChI=1S/C21H17N5O2S2/c1-14-9-11-15(12-10-14)30(27,28)25(2)20-21-24-23-19(18-8-5-13-29-18)26(21)17-7-4-3-6-16(17)22-20/h3-13H,1-2H3. The minimum absolute atomic E-state index is 0.196. The van der Waals surface area contributed by atoms with E-state index >= 15 is 0 Å². The lowest BCUT2D eigenvalue weighted by Crippen LogP contribution is -2.28. The van der Waals surface area contributed by atoms with E-state index in [2.05, 4.69) is 15.2 Å². The predicted molar refractivity (Wildman–Crippen MR) is 118 cm³/mol. The van der Waals surface area contributed by atoms with Crippen molar-refractivity contribution < 1.29 is 8.42 Å². The van der Waals surface area contributed by atoms with E-state index in [0.29, 0.717) is 17.0 Å². The molecule has 0 spiro atoms. The van der Waals surface area contributed by atoms with Crippen molar-refractivity contribution in [2.75, 3.05) is 11.4 Å². The van der Waals surface area contributed by atoms with E-state index in [1.54, 1.807) is 35.6 Å². The fraction of sp³-hybridized carbons (Fsp3) is 0.0952. The van der Waals surface area contributed by atoms with Crippen LogP contribution in [0.5, 0.6) is 0 Å². The Hall–Kier alpha value is -3.30. The predicted octanol–water partition coefficient (Wildman–Crippen LogP) is 4.14. The second-order valence-corrected chi connectivity index (χ2v) is 9.79. The van der Waals surface area contributed by atoms with Crippen molar-refractivity contribution in [3.8, 4) is 10.7 Å². The Morgan fingerprint density at radius 3 is 2.47 bits per heavy atom. The van der Waals surface area contributed by atoms with E-state index in [4.69, 9.17) is 0 Å². The Balaban J connectivity index is 1.78. The topological polar surface area (TPSA) is 80.5 Å². The summed E-state index contributed by atoms with van der Waals surface area (Å²) in [5.41, 5.74) is 2.84. The molecule has 9 heteroatoms. The lowest BCUT2D eigenvalue weighted by atomic mass is 10.2. The first-order valence-corrected chi connectivity index (χ1v) is 11.5. The summed E-state index contributed by atoms with van der Waals surface area (Å²) < 4.78 is 29.6. The molecule has 0 N–H and O–H groups in total. The Morgan fingerprint density at radius 1 is 0.967 bits per heavy atom. The fourth-order valence-corrected chi connectivity index (χ4v) is 5.17. The smallest absolute Gasteiger partial charge is 0.265 e. The third-order valence-corrected chi connectivity index (χ3v) is 7.56. The number of para-hydroxylation sites is 2. The number of thiophene rings is 1. The number of fused-ring (bicyclic) bond motifs is 3. The molecule has 0 amide bonds. The van der Waals surface area contributed by atoms with E-state index in [1.807, 2.05) is 53.1 Å².